The number of rotatable bonds is 36. The number of unbranched alkanes of at least 4 members (excludes halogenated alkanes) is 8. The Hall–Kier alpha value is -2.67. The molecular formula is C43H73O12P. The van der Waals surface area contributed by atoms with Crippen LogP contribution in [0.3, 0.4) is 0 Å². The zero-order chi connectivity index (χ0) is 41.7. The molecule has 0 amide bonds. The summed E-state index contributed by atoms with van der Waals surface area (Å²) in [6.45, 7) is 4.24. The number of ether oxygens (including phenoxy) is 2. The number of aliphatic hydroxyl groups is 4. The third-order valence-corrected chi connectivity index (χ3v) is 9.54. The second-order valence-electron chi connectivity index (χ2n) is 13.9. The number of hydrogen-bond acceptors (Lipinski definition) is 11. The maximum atomic E-state index is 12.6. The van der Waals surface area contributed by atoms with Gasteiger partial charge in [-0.1, -0.05) is 151 Å². The number of hydrogen-bond donors (Lipinski definition) is 5. The monoisotopic (exact) mass is 812 g/mol. The van der Waals surface area contributed by atoms with Gasteiger partial charge in [0.15, 0.2) is 6.10 Å². The van der Waals surface area contributed by atoms with Crippen LogP contribution in [0.15, 0.2) is 72.9 Å². The lowest BCUT2D eigenvalue weighted by atomic mass is 9.99. The minimum Gasteiger partial charge on any atom is -0.462 e. The Balaban J connectivity index is 4.63. The molecule has 5 N–H and O–H groups in total. The van der Waals surface area contributed by atoms with E-state index in [0.29, 0.717) is 32.1 Å². The Kier molecular flexibility index (Phi) is 34.9. The van der Waals surface area contributed by atoms with Crippen LogP contribution in [0.2, 0.25) is 0 Å². The van der Waals surface area contributed by atoms with Gasteiger partial charge in [0.1, 0.15) is 12.7 Å². The highest BCUT2D eigenvalue weighted by molar-refractivity contribution is 7.47. The largest absolute Gasteiger partial charge is 0.472 e. The van der Waals surface area contributed by atoms with Crippen molar-refractivity contribution in [2.45, 2.75) is 154 Å². The van der Waals surface area contributed by atoms with Crippen LogP contribution in [0.4, 0.5) is 0 Å². The van der Waals surface area contributed by atoms with Crippen LogP contribution >= 0.6 is 7.82 Å². The normalized spacial score (nSPS) is 16.4. The maximum Gasteiger partial charge on any atom is 0.472 e. The van der Waals surface area contributed by atoms with Gasteiger partial charge >= 0.3 is 19.8 Å². The maximum absolute atomic E-state index is 12.6. The lowest BCUT2D eigenvalue weighted by Gasteiger charge is -2.20. The third-order valence-electron chi connectivity index (χ3n) is 8.59. The zero-order valence-corrected chi connectivity index (χ0v) is 35.1. The molecule has 0 saturated heterocycles. The quantitative estimate of drug-likeness (QED) is 0.0134. The van der Waals surface area contributed by atoms with Gasteiger partial charge in [0.05, 0.1) is 32.0 Å². The lowest BCUT2D eigenvalue weighted by Crippen LogP contribution is -2.29. The Morgan fingerprint density at radius 3 is 1.98 bits per heavy atom. The molecule has 0 aliphatic rings. The fourth-order valence-corrected chi connectivity index (χ4v) is 5.79. The second kappa shape index (κ2) is 36.7. The van der Waals surface area contributed by atoms with Gasteiger partial charge in [0, 0.05) is 12.8 Å². The van der Waals surface area contributed by atoms with Gasteiger partial charge in [0.25, 0.3) is 0 Å². The van der Waals surface area contributed by atoms with Crippen LogP contribution < -0.4 is 0 Å². The molecule has 0 heterocycles. The van der Waals surface area contributed by atoms with Gasteiger partial charge in [-0.15, -0.1) is 0 Å². The van der Waals surface area contributed by atoms with Gasteiger partial charge in [-0.3, -0.25) is 18.6 Å². The molecular weight excluding hydrogens is 739 g/mol. The summed E-state index contributed by atoms with van der Waals surface area (Å²) < 4.78 is 32.5. The van der Waals surface area contributed by atoms with Crippen LogP contribution in [0.5, 0.6) is 0 Å². The lowest BCUT2D eigenvalue weighted by molar-refractivity contribution is -0.161. The second-order valence-corrected chi connectivity index (χ2v) is 15.4. The molecule has 12 nitrogen and oxygen atoms in total. The molecule has 0 radical (unpaired) electrons. The SMILES string of the molecule is CC/C=C\C[C@H](O)/C=C/C=C\C/C=C\C=C\[C@H](O)/C=C\CCCC(=O)O[C@H](COC(=O)CCCCCCCCCCC(C)CC)COP(=O)(O)OC[C@@H](O)CO. The number of phosphoric ester groups is 1. The van der Waals surface area contributed by atoms with Crippen molar-refractivity contribution in [3.8, 4) is 0 Å². The van der Waals surface area contributed by atoms with Crippen LogP contribution in [0.25, 0.3) is 0 Å². The molecule has 0 fully saturated rings. The van der Waals surface area contributed by atoms with Crippen LogP contribution in [0, 0.1) is 5.92 Å². The first-order valence-electron chi connectivity index (χ1n) is 20.5. The highest BCUT2D eigenvalue weighted by atomic mass is 31.2. The summed E-state index contributed by atoms with van der Waals surface area (Å²) in [6.07, 6.45) is 32.4. The summed E-state index contributed by atoms with van der Waals surface area (Å²) in [4.78, 5) is 34.9. The Labute approximate surface area is 336 Å². The first-order valence-corrected chi connectivity index (χ1v) is 22.0. The minimum atomic E-state index is -4.67. The van der Waals surface area contributed by atoms with Gasteiger partial charge in [-0.2, -0.15) is 0 Å². The molecule has 0 rings (SSSR count). The van der Waals surface area contributed by atoms with Crippen molar-refractivity contribution < 1.29 is 58.0 Å². The highest BCUT2D eigenvalue weighted by Crippen LogP contribution is 2.43. The Morgan fingerprint density at radius 1 is 0.696 bits per heavy atom. The molecule has 0 aliphatic heterocycles. The van der Waals surface area contributed by atoms with Crippen molar-refractivity contribution in [2.24, 2.45) is 5.92 Å². The molecule has 0 aliphatic carbocycles. The fraction of sp³-hybridized carbons (Fsp3) is 0.674. The fourth-order valence-electron chi connectivity index (χ4n) is 5.00. The molecule has 0 aromatic carbocycles. The molecule has 0 aromatic rings. The van der Waals surface area contributed by atoms with Crippen molar-refractivity contribution in [1.82, 2.24) is 0 Å². The van der Waals surface area contributed by atoms with Crippen molar-refractivity contribution in [3.05, 3.63) is 72.9 Å². The highest BCUT2D eigenvalue weighted by Gasteiger charge is 2.27. The molecule has 0 bridgehead atoms. The number of carbonyl (C=O) groups excluding carboxylic acids is 2. The molecule has 0 spiro atoms. The molecule has 56 heavy (non-hydrogen) atoms. The average molecular weight is 813 g/mol. The van der Waals surface area contributed by atoms with E-state index in [1.54, 1.807) is 30.4 Å². The van der Waals surface area contributed by atoms with Gasteiger partial charge in [-0.05, 0) is 44.4 Å². The molecule has 6 atom stereocenters. The van der Waals surface area contributed by atoms with Crippen LogP contribution in [-0.2, 0) is 32.7 Å². The zero-order valence-electron chi connectivity index (χ0n) is 34.2. The standard InChI is InChI=1S/C43H73O12P/c1-4-6-19-27-38(45)28-21-15-11-9-12-16-22-29-39(46)30-23-18-25-32-43(49)55-41(36-54-56(50,51)53-34-40(47)33-44)35-52-42(48)31-24-17-13-8-7-10-14-20-26-37(3)5-2/h6,11-12,15-16,19,21-23,28-30,37-41,44-47H,4-5,7-10,13-14,17-18,20,24-27,31-36H2,1-3H3,(H,50,51)/b15-11-,16-12-,19-6-,28-21+,29-22+,30-23-/t37?,38-,39-,40-,41+/m0/s1. The predicted octanol–water partition coefficient (Wildman–Crippen LogP) is 8.29. The predicted molar refractivity (Wildman–Crippen MR) is 222 cm³/mol. The van der Waals surface area contributed by atoms with E-state index < -0.39 is 64.0 Å². The van der Waals surface area contributed by atoms with Gasteiger partial charge < -0.3 is 34.8 Å². The van der Waals surface area contributed by atoms with E-state index in [2.05, 4.69) is 18.4 Å². The van der Waals surface area contributed by atoms with Crippen molar-refractivity contribution >= 4 is 19.8 Å². The van der Waals surface area contributed by atoms with E-state index in [0.717, 1.165) is 31.6 Å². The van der Waals surface area contributed by atoms with Gasteiger partial charge in [-0.25, -0.2) is 4.57 Å². The topological polar surface area (TPSA) is 189 Å². The summed E-state index contributed by atoms with van der Waals surface area (Å²) in [5.41, 5.74) is 0. The molecule has 13 heteroatoms. The summed E-state index contributed by atoms with van der Waals surface area (Å²) in [7, 11) is -4.67. The Bertz CT molecular complexity index is 1210. The van der Waals surface area contributed by atoms with E-state index in [9.17, 15) is 34.4 Å². The van der Waals surface area contributed by atoms with Gasteiger partial charge in [0.2, 0.25) is 0 Å². The minimum absolute atomic E-state index is 0.00509. The van der Waals surface area contributed by atoms with Crippen molar-refractivity contribution in [1.29, 1.82) is 0 Å². The van der Waals surface area contributed by atoms with E-state index in [4.69, 9.17) is 19.1 Å². The number of phosphoric acid groups is 1. The first kappa shape index (κ1) is 53.3. The van der Waals surface area contributed by atoms with Crippen molar-refractivity contribution in [2.75, 3.05) is 26.4 Å². The average Bonchev–Trinajstić information content (AvgIpc) is 3.17. The molecule has 0 saturated carbocycles. The summed E-state index contributed by atoms with van der Waals surface area (Å²) in [5, 5.41) is 38.3. The number of esters is 2. The van der Waals surface area contributed by atoms with E-state index in [1.165, 1.54) is 38.5 Å². The van der Waals surface area contributed by atoms with E-state index in [1.807, 2.05) is 49.5 Å². The van der Waals surface area contributed by atoms with Crippen LogP contribution in [0.1, 0.15) is 130 Å². The molecule has 0 aromatic heterocycles. The molecule has 322 valence electrons. The summed E-state index contributed by atoms with van der Waals surface area (Å²) >= 11 is 0. The van der Waals surface area contributed by atoms with Crippen LogP contribution in [-0.4, -0.2) is 88.1 Å². The molecule has 2 unspecified atom stereocenters. The van der Waals surface area contributed by atoms with Crippen molar-refractivity contribution in [3.63, 3.8) is 0 Å². The van der Waals surface area contributed by atoms with E-state index in [-0.39, 0.29) is 19.4 Å². The smallest absolute Gasteiger partial charge is 0.462 e. The first-order chi connectivity index (χ1) is 26.9. The number of aliphatic hydroxyl groups excluding tert-OH is 4. The number of allylic oxidation sites excluding steroid dienone is 8. The Morgan fingerprint density at radius 2 is 1.32 bits per heavy atom. The summed E-state index contributed by atoms with van der Waals surface area (Å²) in [6, 6.07) is 0. The summed E-state index contributed by atoms with van der Waals surface area (Å²) in [5.74, 6) is -0.321. The third kappa shape index (κ3) is 35.7. The number of carbonyl (C=O) groups is 2. The van der Waals surface area contributed by atoms with E-state index >= 15 is 0 Å².